The van der Waals surface area contributed by atoms with Crippen LogP contribution < -0.4 is 10.6 Å². The lowest BCUT2D eigenvalue weighted by atomic mass is 9.89. The smallest absolute Gasteiger partial charge is 0.321 e. The average molecular weight is 445 g/mol. The van der Waals surface area contributed by atoms with Gasteiger partial charge in [0.05, 0.1) is 0 Å². The normalized spacial score (nSPS) is 13.9. The van der Waals surface area contributed by atoms with Gasteiger partial charge in [-0.05, 0) is 49.2 Å². The zero-order valence-electron chi connectivity index (χ0n) is 18.0. The van der Waals surface area contributed by atoms with E-state index < -0.39 is 11.7 Å². The summed E-state index contributed by atoms with van der Waals surface area (Å²) in [5, 5.41) is 5.46. The van der Waals surface area contributed by atoms with E-state index in [4.69, 9.17) is 0 Å². The third-order valence-electron chi connectivity index (χ3n) is 5.67. The predicted molar refractivity (Wildman–Crippen MR) is 125 cm³/mol. The second-order valence-corrected chi connectivity index (χ2v) is 7.97. The van der Waals surface area contributed by atoms with Gasteiger partial charge in [-0.2, -0.15) is 0 Å². The number of halogens is 1. The third kappa shape index (κ3) is 5.63. The van der Waals surface area contributed by atoms with Crippen molar-refractivity contribution in [2.75, 3.05) is 23.7 Å². The molecule has 1 aliphatic rings. The van der Waals surface area contributed by atoms with Crippen molar-refractivity contribution in [3.05, 3.63) is 95.8 Å². The molecule has 3 aromatic carbocycles. The number of benzene rings is 3. The first-order valence-electron chi connectivity index (χ1n) is 10.8. The molecule has 0 radical (unpaired) electrons. The van der Waals surface area contributed by atoms with E-state index in [-0.39, 0.29) is 17.7 Å². The highest BCUT2D eigenvalue weighted by Gasteiger charge is 2.28. The summed E-state index contributed by atoms with van der Waals surface area (Å²) < 4.78 is 13.3. The van der Waals surface area contributed by atoms with Crippen LogP contribution in [0.5, 0.6) is 0 Å². The maximum absolute atomic E-state index is 13.3. The fraction of sp³-hybridized carbons (Fsp3) is 0.192. The number of anilines is 2. The second-order valence-electron chi connectivity index (χ2n) is 7.97. The van der Waals surface area contributed by atoms with Gasteiger partial charge in [0.1, 0.15) is 5.82 Å². The summed E-state index contributed by atoms with van der Waals surface area (Å²) in [7, 11) is 0. The topological polar surface area (TPSA) is 78.5 Å². The van der Waals surface area contributed by atoms with E-state index >= 15 is 0 Å². The summed E-state index contributed by atoms with van der Waals surface area (Å²) in [6.45, 7) is 0.962. The summed E-state index contributed by atoms with van der Waals surface area (Å²) in [5.74, 6) is -0.820. The summed E-state index contributed by atoms with van der Waals surface area (Å²) >= 11 is 0. The number of rotatable bonds is 5. The molecule has 0 unspecified atom stereocenters. The molecule has 0 aliphatic carbocycles. The molecule has 6 nitrogen and oxygen atoms in total. The van der Waals surface area contributed by atoms with Crippen LogP contribution in [0.4, 0.5) is 20.6 Å². The fourth-order valence-electron chi connectivity index (χ4n) is 3.89. The van der Waals surface area contributed by atoms with E-state index in [1.54, 1.807) is 35.2 Å². The van der Waals surface area contributed by atoms with Crippen molar-refractivity contribution in [2.24, 2.45) is 5.92 Å². The van der Waals surface area contributed by atoms with Gasteiger partial charge in [-0.15, -0.1) is 0 Å². The van der Waals surface area contributed by atoms with Crippen LogP contribution >= 0.6 is 0 Å². The van der Waals surface area contributed by atoms with Gasteiger partial charge < -0.3 is 15.5 Å². The standard InChI is InChI=1S/C26H24FN3O3/c27-21-9-5-11-23(17-21)28-25(32)20-8-4-10-22(16-20)29-26(33)30-14-12-19(13-15-30)24(31)18-6-2-1-3-7-18/h1-11,16-17,19H,12-15H2,(H,28,32)(H,29,33). The average Bonchev–Trinajstić information content (AvgIpc) is 2.84. The highest BCUT2D eigenvalue weighted by molar-refractivity contribution is 6.05. The minimum atomic E-state index is -0.442. The number of piperidine rings is 1. The molecule has 0 atom stereocenters. The first-order valence-corrected chi connectivity index (χ1v) is 10.8. The van der Waals surface area contributed by atoms with Gasteiger partial charge in [0.2, 0.25) is 0 Å². The Morgan fingerprint density at radius 1 is 0.758 bits per heavy atom. The maximum atomic E-state index is 13.3. The molecule has 0 aromatic heterocycles. The van der Waals surface area contributed by atoms with Crippen molar-refractivity contribution in [1.29, 1.82) is 0 Å². The van der Waals surface area contributed by atoms with Crippen molar-refractivity contribution in [3.63, 3.8) is 0 Å². The van der Waals surface area contributed by atoms with Crippen LogP contribution in [0.15, 0.2) is 78.9 Å². The van der Waals surface area contributed by atoms with Gasteiger partial charge in [-0.1, -0.05) is 42.5 Å². The lowest BCUT2D eigenvalue weighted by Crippen LogP contribution is -2.42. The van der Waals surface area contributed by atoms with Gasteiger partial charge in [0.15, 0.2) is 5.78 Å². The number of nitrogens with one attached hydrogen (secondary N) is 2. The van der Waals surface area contributed by atoms with Gasteiger partial charge in [0, 0.05) is 41.5 Å². The molecule has 1 aliphatic heterocycles. The summed E-state index contributed by atoms with van der Waals surface area (Å²) in [6, 6.07) is 21.1. The molecular formula is C26H24FN3O3. The number of hydrogen-bond acceptors (Lipinski definition) is 3. The molecule has 3 amide bonds. The van der Waals surface area contributed by atoms with Crippen LogP contribution in [0.1, 0.15) is 33.6 Å². The van der Waals surface area contributed by atoms with E-state index in [0.29, 0.717) is 48.4 Å². The van der Waals surface area contributed by atoms with Crippen molar-refractivity contribution < 1.29 is 18.8 Å². The van der Waals surface area contributed by atoms with Crippen LogP contribution in [-0.4, -0.2) is 35.7 Å². The lowest BCUT2D eigenvalue weighted by molar-refractivity contribution is 0.0859. The Hall–Kier alpha value is -4.00. The summed E-state index contributed by atoms with van der Waals surface area (Å²) in [6.07, 6.45) is 1.22. The highest BCUT2D eigenvalue weighted by atomic mass is 19.1. The number of Topliss-reactive ketones (excluding diaryl/α,β-unsaturated/α-hetero) is 1. The zero-order valence-corrected chi connectivity index (χ0v) is 18.0. The van der Waals surface area contributed by atoms with Crippen LogP contribution in [0.3, 0.4) is 0 Å². The molecule has 0 bridgehead atoms. The summed E-state index contributed by atoms with van der Waals surface area (Å²) in [5.41, 5.74) is 1.87. The van der Waals surface area contributed by atoms with Crippen LogP contribution in [0, 0.1) is 11.7 Å². The number of hydrogen-bond donors (Lipinski definition) is 2. The molecule has 7 heteroatoms. The van der Waals surface area contributed by atoms with E-state index in [9.17, 15) is 18.8 Å². The maximum Gasteiger partial charge on any atom is 0.321 e. The SMILES string of the molecule is O=C(Nc1cccc(F)c1)c1cccc(NC(=O)N2CCC(C(=O)c3ccccc3)CC2)c1. The largest absolute Gasteiger partial charge is 0.324 e. The Kier molecular flexibility index (Phi) is 6.78. The Labute approximate surface area is 191 Å². The molecule has 1 saturated heterocycles. The molecule has 4 rings (SSSR count). The van der Waals surface area contributed by atoms with Crippen LogP contribution in [0.25, 0.3) is 0 Å². The van der Waals surface area contributed by atoms with Crippen molar-refractivity contribution in [1.82, 2.24) is 4.90 Å². The minimum Gasteiger partial charge on any atom is -0.324 e. The Balaban J connectivity index is 1.33. The number of likely N-dealkylation sites (tertiary alicyclic amines) is 1. The van der Waals surface area contributed by atoms with Crippen molar-refractivity contribution in [2.45, 2.75) is 12.8 Å². The van der Waals surface area contributed by atoms with Gasteiger partial charge >= 0.3 is 6.03 Å². The number of ketones is 1. The first kappa shape index (κ1) is 22.2. The molecule has 33 heavy (non-hydrogen) atoms. The quantitative estimate of drug-likeness (QED) is 0.530. The van der Waals surface area contributed by atoms with Crippen molar-refractivity contribution in [3.8, 4) is 0 Å². The van der Waals surface area contributed by atoms with E-state index in [1.165, 1.54) is 18.2 Å². The van der Waals surface area contributed by atoms with E-state index in [1.807, 2.05) is 30.3 Å². The van der Waals surface area contributed by atoms with E-state index in [2.05, 4.69) is 10.6 Å². The molecular weight excluding hydrogens is 421 g/mol. The molecule has 1 fully saturated rings. The second kappa shape index (κ2) is 10.1. The monoisotopic (exact) mass is 445 g/mol. The van der Waals surface area contributed by atoms with E-state index in [0.717, 1.165) is 0 Å². The summed E-state index contributed by atoms with van der Waals surface area (Å²) in [4.78, 5) is 39.5. The number of urea groups is 1. The van der Waals surface area contributed by atoms with Gasteiger partial charge in [0.25, 0.3) is 5.91 Å². The minimum absolute atomic E-state index is 0.0914. The third-order valence-corrected chi connectivity index (χ3v) is 5.67. The zero-order chi connectivity index (χ0) is 23.2. The molecule has 0 saturated carbocycles. The van der Waals surface area contributed by atoms with Crippen molar-refractivity contribution >= 4 is 29.1 Å². The number of nitrogens with zero attached hydrogens (tertiary/aromatic N) is 1. The lowest BCUT2D eigenvalue weighted by Gasteiger charge is -2.31. The molecule has 1 heterocycles. The molecule has 0 spiro atoms. The van der Waals surface area contributed by atoms with Crippen LogP contribution in [0.2, 0.25) is 0 Å². The molecule has 168 valence electrons. The highest BCUT2D eigenvalue weighted by Crippen LogP contribution is 2.23. The molecule has 3 aromatic rings. The fourth-order valence-corrected chi connectivity index (χ4v) is 3.89. The Morgan fingerprint density at radius 3 is 2.09 bits per heavy atom. The Bertz CT molecular complexity index is 1160. The number of carbonyl (C=O) groups is 3. The molecule has 2 N–H and O–H groups in total. The number of amides is 3. The van der Waals surface area contributed by atoms with Gasteiger partial charge in [-0.3, -0.25) is 9.59 Å². The van der Waals surface area contributed by atoms with Gasteiger partial charge in [-0.25, -0.2) is 9.18 Å². The number of carbonyl (C=O) groups excluding carboxylic acids is 3. The first-order chi connectivity index (χ1) is 16.0. The Morgan fingerprint density at radius 2 is 1.39 bits per heavy atom. The predicted octanol–water partition coefficient (Wildman–Crippen LogP) is 5.20. The van der Waals surface area contributed by atoms with Crippen LogP contribution in [-0.2, 0) is 0 Å².